The summed E-state index contributed by atoms with van der Waals surface area (Å²) in [6.45, 7) is 6.24. The lowest BCUT2D eigenvalue weighted by Crippen LogP contribution is -2.14. The first kappa shape index (κ1) is 12.5. The van der Waals surface area contributed by atoms with Crippen molar-refractivity contribution in [2.45, 2.75) is 38.4 Å². The first-order valence-corrected chi connectivity index (χ1v) is 6.49. The van der Waals surface area contributed by atoms with Crippen LogP contribution in [0.3, 0.4) is 0 Å². The van der Waals surface area contributed by atoms with Crippen LogP contribution >= 0.6 is 11.8 Å². The quantitative estimate of drug-likeness (QED) is 0.439. The molecular formula is C11H19N3S. The van der Waals surface area contributed by atoms with E-state index >= 15 is 0 Å². The van der Waals surface area contributed by atoms with Crippen LogP contribution in [0, 0.1) is 0 Å². The van der Waals surface area contributed by atoms with E-state index in [1.165, 1.54) is 12.8 Å². The van der Waals surface area contributed by atoms with Gasteiger partial charge in [0.2, 0.25) is 0 Å². The third kappa shape index (κ3) is 5.14. The van der Waals surface area contributed by atoms with Gasteiger partial charge in [-0.2, -0.15) is 0 Å². The summed E-state index contributed by atoms with van der Waals surface area (Å²) in [6.07, 6.45) is 6.27. The lowest BCUT2D eigenvalue weighted by Gasteiger charge is -2.03. The van der Waals surface area contributed by atoms with Gasteiger partial charge in [0.05, 0.1) is 0 Å². The van der Waals surface area contributed by atoms with Crippen LogP contribution in [0.2, 0.25) is 0 Å². The molecule has 0 fully saturated rings. The van der Waals surface area contributed by atoms with Crippen LogP contribution in [0.15, 0.2) is 17.6 Å². The summed E-state index contributed by atoms with van der Waals surface area (Å²) in [5, 5.41) is 4.24. The fourth-order valence-electron chi connectivity index (χ4n) is 1.17. The number of hydrogen-bond acceptors (Lipinski definition) is 4. The zero-order valence-electron chi connectivity index (χ0n) is 9.49. The predicted molar refractivity (Wildman–Crippen MR) is 65.0 cm³/mol. The Morgan fingerprint density at radius 1 is 1.27 bits per heavy atom. The Hall–Kier alpha value is -0.610. The van der Waals surface area contributed by atoms with Crippen LogP contribution in [0.25, 0.3) is 0 Å². The molecule has 0 radical (unpaired) electrons. The van der Waals surface area contributed by atoms with E-state index in [1.54, 1.807) is 11.8 Å². The zero-order chi connectivity index (χ0) is 10.9. The third-order valence-electron chi connectivity index (χ3n) is 1.99. The maximum absolute atomic E-state index is 4.28. The van der Waals surface area contributed by atoms with E-state index in [9.17, 15) is 0 Å². The number of rotatable bonds is 7. The largest absolute Gasteiger partial charge is 0.313 e. The average molecular weight is 225 g/mol. The molecule has 0 unspecified atom stereocenters. The summed E-state index contributed by atoms with van der Waals surface area (Å²) in [5.74, 6) is 1.02. The van der Waals surface area contributed by atoms with E-state index in [1.807, 2.05) is 12.4 Å². The summed E-state index contributed by atoms with van der Waals surface area (Å²) in [4.78, 5) is 8.56. The molecule has 1 heterocycles. The molecule has 1 aromatic rings. The Bertz CT molecular complexity index is 261. The number of nitrogens with one attached hydrogen (secondary N) is 1. The predicted octanol–water partition coefficient (Wildman–Crippen LogP) is 2.48. The minimum atomic E-state index is 0.870. The molecule has 0 saturated heterocycles. The fourth-order valence-corrected chi connectivity index (χ4v) is 1.69. The van der Waals surface area contributed by atoms with Gasteiger partial charge in [0.1, 0.15) is 0 Å². The first-order chi connectivity index (χ1) is 7.36. The molecular weight excluding hydrogens is 206 g/mol. The van der Waals surface area contributed by atoms with Crippen molar-refractivity contribution in [1.29, 1.82) is 0 Å². The normalized spacial score (nSPS) is 10.5. The van der Waals surface area contributed by atoms with E-state index in [2.05, 4.69) is 29.1 Å². The standard InChI is InChI=1S/C11H19N3S/c1-3-5-6-12-7-10-8-13-11(14-9-10)15-4-2/h8-9,12H,3-7H2,1-2H3. The summed E-state index contributed by atoms with van der Waals surface area (Å²) in [7, 11) is 0. The van der Waals surface area contributed by atoms with Crippen LogP contribution in [-0.4, -0.2) is 22.3 Å². The van der Waals surface area contributed by atoms with Crippen LogP contribution < -0.4 is 5.32 Å². The minimum absolute atomic E-state index is 0.870. The van der Waals surface area contributed by atoms with Gasteiger partial charge < -0.3 is 5.32 Å². The maximum atomic E-state index is 4.28. The highest BCUT2D eigenvalue weighted by Gasteiger charge is 1.96. The van der Waals surface area contributed by atoms with Gasteiger partial charge in [0, 0.05) is 24.5 Å². The highest BCUT2D eigenvalue weighted by molar-refractivity contribution is 7.99. The molecule has 0 atom stereocenters. The Morgan fingerprint density at radius 3 is 2.60 bits per heavy atom. The van der Waals surface area contributed by atoms with E-state index in [0.29, 0.717) is 0 Å². The van der Waals surface area contributed by atoms with E-state index < -0.39 is 0 Å². The van der Waals surface area contributed by atoms with Crippen molar-refractivity contribution < 1.29 is 0 Å². The number of hydrogen-bond donors (Lipinski definition) is 1. The molecule has 15 heavy (non-hydrogen) atoms. The van der Waals surface area contributed by atoms with Gasteiger partial charge in [0.15, 0.2) is 5.16 Å². The van der Waals surface area contributed by atoms with E-state index in [-0.39, 0.29) is 0 Å². The van der Waals surface area contributed by atoms with Crippen LogP contribution in [-0.2, 0) is 6.54 Å². The van der Waals surface area contributed by atoms with Gasteiger partial charge in [-0.15, -0.1) is 0 Å². The van der Waals surface area contributed by atoms with Crippen molar-refractivity contribution >= 4 is 11.8 Å². The molecule has 4 heteroatoms. The zero-order valence-corrected chi connectivity index (χ0v) is 10.3. The summed E-state index contributed by atoms with van der Waals surface area (Å²) in [5.41, 5.74) is 1.16. The van der Waals surface area contributed by atoms with Crippen LogP contribution in [0.1, 0.15) is 32.3 Å². The Balaban J connectivity index is 2.29. The van der Waals surface area contributed by atoms with Crippen LogP contribution in [0.5, 0.6) is 0 Å². The topological polar surface area (TPSA) is 37.8 Å². The second-order valence-electron chi connectivity index (χ2n) is 3.34. The van der Waals surface area contributed by atoms with Crippen LogP contribution in [0.4, 0.5) is 0 Å². The Morgan fingerprint density at radius 2 is 2.00 bits per heavy atom. The van der Waals surface area contributed by atoms with Gasteiger partial charge in [-0.25, -0.2) is 9.97 Å². The van der Waals surface area contributed by atoms with Gasteiger partial charge in [-0.1, -0.05) is 32.0 Å². The summed E-state index contributed by atoms with van der Waals surface area (Å²) in [6, 6.07) is 0. The number of aromatic nitrogens is 2. The fraction of sp³-hybridized carbons (Fsp3) is 0.636. The average Bonchev–Trinajstić information content (AvgIpc) is 2.27. The third-order valence-corrected chi connectivity index (χ3v) is 2.75. The highest BCUT2D eigenvalue weighted by Crippen LogP contribution is 2.10. The molecule has 0 aliphatic carbocycles. The molecule has 1 N–H and O–H groups in total. The van der Waals surface area contributed by atoms with Crippen molar-refractivity contribution in [3.8, 4) is 0 Å². The van der Waals surface area contributed by atoms with E-state index in [4.69, 9.17) is 0 Å². The second kappa shape index (κ2) is 7.65. The lowest BCUT2D eigenvalue weighted by atomic mass is 10.3. The van der Waals surface area contributed by atoms with Gasteiger partial charge in [-0.3, -0.25) is 0 Å². The molecule has 0 aliphatic rings. The lowest BCUT2D eigenvalue weighted by molar-refractivity contribution is 0.637. The second-order valence-corrected chi connectivity index (χ2v) is 4.57. The molecule has 0 spiro atoms. The number of thioether (sulfide) groups is 1. The molecule has 0 aliphatic heterocycles. The van der Waals surface area contributed by atoms with Crippen molar-refractivity contribution in [2.75, 3.05) is 12.3 Å². The maximum Gasteiger partial charge on any atom is 0.187 e. The molecule has 1 rings (SSSR count). The molecule has 0 saturated carbocycles. The van der Waals surface area contributed by atoms with Crippen molar-refractivity contribution in [3.05, 3.63) is 18.0 Å². The van der Waals surface area contributed by atoms with Gasteiger partial charge in [0.25, 0.3) is 0 Å². The molecule has 0 bridgehead atoms. The summed E-state index contributed by atoms with van der Waals surface area (Å²) < 4.78 is 0. The SMILES string of the molecule is CCCCNCc1cnc(SCC)nc1. The molecule has 3 nitrogen and oxygen atoms in total. The number of nitrogens with zero attached hydrogens (tertiary/aromatic N) is 2. The van der Waals surface area contributed by atoms with Crippen molar-refractivity contribution in [1.82, 2.24) is 15.3 Å². The molecule has 0 aromatic carbocycles. The smallest absolute Gasteiger partial charge is 0.187 e. The Kier molecular flexibility index (Phi) is 6.36. The monoisotopic (exact) mass is 225 g/mol. The van der Waals surface area contributed by atoms with Gasteiger partial charge >= 0.3 is 0 Å². The summed E-state index contributed by atoms with van der Waals surface area (Å²) >= 11 is 1.67. The molecule has 84 valence electrons. The van der Waals surface area contributed by atoms with Crippen molar-refractivity contribution in [2.24, 2.45) is 0 Å². The van der Waals surface area contributed by atoms with Gasteiger partial charge in [-0.05, 0) is 18.7 Å². The minimum Gasteiger partial charge on any atom is -0.313 e. The molecule has 0 amide bonds. The highest BCUT2D eigenvalue weighted by atomic mass is 32.2. The van der Waals surface area contributed by atoms with Crippen molar-refractivity contribution in [3.63, 3.8) is 0 Å². The first-order valence-electron chi connectivity index (χ1n) is 5.51. The Labute approximate surface area is 96.1 Å². The van der Waals surface area contributed by atoms with E-state index in [0.717, 1.165) is 29.6 Å². The number of unbranched alkanes of at least 4 members (excludes halogenated alkanes) is 1. The molecule has 1 aromatic heterocycles.